The number of aliphatic imine (C=N–C) groups is 1. The molecule has 1 aliphatic heterocycles. The van der Waals surface area contributed by atoms with Crippen LogP contribution in [0.15, 0.2) is 52.7 Å². The molecular formula is C14H14N2O3. The van der Waals surface area contributed by atoms with E-state index < -0.39 is 5.91 Å². The molecular weight excluding hydrogens is 244 g/mol. The highest BCUT2D eigenvalue weighted by Gasteiger charge is 2.29. The van der Waals surface area contributed by atoms with Crippen molar-refractivity contribution in [2.24, 2.45) is 4.99 Å². The molecule has 5 heteroatoms. The van der Waals surface area contributed by atoms with E-state index in [4.69, 9.17) is 0 Å². The average Bonchev–Trinajstić information content (AvgIpc) is 2.42. The zero-order valence-electron chi connectivity index (χ0n) is 10.7. The molecule has 2 rings (SSSR count). The molecule has 2 N–H and O–H groups in total. The first-order valence-corrected chi connectivity index (χ1v) is 5.73. The molecule has 1 heterocycles. The summed E-state index contributed by atoms with van der Waals surface area (Å²) in [5.41, 5.74) is 1.94. The predicted molar refractivity (Wildman–Crippen MR) is 71.7 cm³/mol. The molecule has 1 aromatic carbocycles. The van der Waals surface area contributed by atoms with E-state index in [-0.39, 0.29) is 11.6 Å². The normalized spacial score (nSPS) is 20.6. The summed E-state index contributed by atoms with van der Waals surface area (Å²) >= 11 is 0. The minimum Gasteiger partial charge on any atom is -0.507 e. The molecule has 0 bridgehead atoms. The number of hydrogen-bond donors (Lipinski definition) is 2. The standard InChI is InChI=1S/C14H14N2O3/c1-9(10-6-4-3-5-7-10)13-11(17)8-12(18)16(19)14(13)15-2/h3-8,17,19H,1-2H3/b13-9+,15-14?. The Kier molecular flexibility index (Phi) is 3.48. The Morgan fingerprint density at radius 1 is 1.26 bits per heavy atom. The number of aliphatic hydroxyl groups excluding tert-OH is 1. The fourth-order valence-electron chi connectivity index (χ4n) is 1.97. The predicted octanol–water partition coefficient (Wildman–Crippen LogP) is 2.16. The number of carbonyl (C=O) groups excluding carboxylic acids is 1. The molecule has 0 unspecified atom stereocenters. The van der Waals surface area contributed by atoms with Gasteiger partial charge in [-0.15, -0.1) is 0 Å². The maximum absolute atomic E-state index is 11.4. The zero-order valence-corrected chi connectivity index (χ0v) is 10.7. The summed E-state index contributed by atoms with van der Waals surface area (Å²) in [5.74, 6) is -0.883. The van der Waals surface area contributed by atoms with Crippen LogP contribution in [0, 0.1) is 0 Å². The van der Waals surface area contributed by atoms with E-state index in [9.17, 15) is 15.1 Å². The molecule has 0 spiro atoms. The molecule has 0 atom stereocenters. The third kappa shape index (κ3) is 2.28. The van der Waals surface area contributed by atoms with Crippen molar-refractivity contribution in [3.05, 3.63) is 53.3 Å². The van der Waals surface area contributed by atoms with E-state index in [0.29, 0.717) is 10.6 Å². The van der Waals surface area contributed by atoms with E-state index in [1.54, 1.807) is 6.92 Å². The molecule has 1 aromatic rings. The fraction of sp³-hybridized carbons (Fsp3) is 0.143. The number of aliphatic hydroxyl groups is 1. The van der Waals surface area contributed by atoms with Gasteiger partial charge in [-0.05, 0) is 18.1 Å². The second kappa shape index (κ2) is 5.07. The maximum atomic E-state index is 11.4. The van der Waals surface area contributed by atoms with Crippen molar-refractivity contribution in [2.75, 3.05) is 7.05 Å². The van der Waals surface area contributed by atoms with Gasteiger partial charge in [-0.1, -0.05) is 30.3 Å². The van der Waals surface area contributed by atoms with Gasteiger partial charge >= 0.3 is 0 Å². The van der Waals surface area contributed by atoms with Gasteiger partial charge in [0, 0.05) is 13.1 Å². The Labute approximate surface area is 110 Å². The number of benzene rings is 1. The number of hydroxylamine groups is 2. The number of allylic oxidation sites excluding steroid dienone is 1. The molecule has 0 aromatic heterocycles. The van der Waals surface area contributed by atoms with E-state index >= 15 is 0 Å². The fourth-order valence-corrected chi connectivity index (χ4v) is 1.97. The van der Waals surface area contributed by atoms with Crippen LogP contribution in [0.25, 0.3) is 5.57 Å². The van der Waals surface area contributed by atoms with E-state index in [0.717, 1.165) is 17.2 Å². The van der Waals surface area contributed by atoms with Crippen LogP contribution in [0.5, 0.6) is 0 Å². The molecule has 1 aliphatic rings. The molecule has 1 amide bonds. The van der Waals surface area contributed by atoms with Crippen molar-refractivity contribution < 1.29 is 15.1 Å². The van der Waals surface area contributed by atoms with E-state index in [1.165, 1.54) is 7.05 Å². The van der Waals surface area contributed by atoms with Gasteiger partial charge in [-0.2, -0.15) is 5.06 Å². The van der Waals surface area contributed by atoms with Gasteiger partial charge in [0.2, 0.25) is 0 Å². The third-order valence-electron chi connectivity index (χ3n) is 2.94. The van der Waals surface area contributed by atoms with Crippen molar-refractivity contribution in [1.29, 1.82) is 0 Å². The van der Waals surface area contributed by atoms with Gasteiger partial charge in [0.1, 0.15) is 5.76 Å². The highest BCUT2D eigenvalue weighted by Crippen LogP contribution is 2.27. The smallest absolute Gasteiger partial charge is 0.279 e. The van der Waals surface area contributed by atoms with Crippen molar-refractivity contribution in [3.8, 4) is 0 Å². The molecule has 5 nitrogen and oxygen atoms in total. The summed E-state index contributed by atoms with van der Waals surface area (Å²) in [6, 6.07) is 9.37. The third-order valence-corrected chi connectivity index (χ3v) is 2.94. The monoisotopic (exact) mass is 258 g/mol. The van der Waals surface area contributed by atoms with Gasteiger partial charge in [0.15, 0.2) is 5.84 Å². The molecule has 0 saturated heterocycles. The number of rotatable bonds is 1. The molecule has 0 radical (unpaired) electrons. The lowest BCUT2D eigenvalue weighted by atomic mass is 9.97. The first-order valence-electron chi connectivity index (χ1n) is 5.73. The quantitative estimate of drug-likeness (QED) is 0.758. The first kappa shape index (κ1) is 13.0. The summed E-state index contributed by atoms with van der Waals surface area (Å²) in [4.78, 5) is 15.3. The number of amides is 1. The Balaban J connectivity index is 2.65. The maximum Gasteiger partial charge on any atom is 0.279 e. The number of amidine groups is 1. The highest BCUT2D eigenvalue weighted by molar-refractivity contribution is 6.18. The van der Waals surface area contributed by atoms with Gasteiger partial charge in [-0.25, -0.2) is 0 Å². The lowest BCUT2D eigenvalue weighted by molar-refractivity contribution is -0.144. The average molecular weight is 258 g/mol. The second-order valence-corrected chi connectivity index (χ2v) is 4.09. The number of hydrogen-bond acceptors (Lipinski definition) is 4. The van der Waals surface area contributed by atoms with Gasteiger partial charge in [-0.3, -0.25) is 15.0 Å². The van der Waals surface area contributed by atoms with Crippen molar-refractivity contribution in [1.82, 2.24) is 5.06 Å². The molecule has 0 aliphatic carbocycles. The van der Waals surface area contributed by atoms with Gasteiger partial charge in [0.05, 0.1) is 5.57 Å². The second-order valence-electron chi connectivity index (χ2n) is 4.09. The van der Waals surface area contributed by atoms with Crippen LogP contribution in [0.3, 0.4) is 0 Å². The molecule has 98 valence electrons. The largest absolute Gasteiger partial charge is 0.507 e. The number of nitrogens with zero attached hydrogens (tertiary/aromatic N) is 2. The molecule has 0 fully saturated rings. The minimum atomic E-state index is -0.720. The lowest BCUT2D eigenvalue weighted by Crippen LogP contribution is -2.38. The van der Waals surface area contributed by atoms with E-state index in [2.05, 4.69) is 4.99 Å². The lowest BCUT2D eigenvalue weighted by Gasteiger charge is -2.24. The summed E-state index contributed by atoms with van der Waals surface area (Å²) in [7, 11) is 1.45. The highest BCUT2D eigenvalue weighted by atomic mass is 16.5. The number of carbonyl (C=O) groups is 1. The van der Waals surface area contributed by atoms with Crippen LogP contribution in [0.1, 0.15) is 12.5 Å². The summed E-state index contributed by atoms with van der Waals surface area (Å²) in [5, 5.41) is 20.1. The zero-order chi connectivity index (χ0) is 14.0. The van der Waals surface area contributed by atoms with Crippen LogP contribution in [-0.2, 0) is 4.79 Å². The Morgan fingerprint density at radius 2 is 1.89 bits per heavy atom. The molecule has 0 saturated carbocycles. The van der Waals surface area contributed by atoms with Crippen LogP contribution < -0.4 is 0 Å². The summed E-state index contributed by atoms with van der Waals surface area (Å²) in [6.07, 6.45) is 0.969. The Hall–Kier alpha value is -2.40. The topological polar surface area (TPSA) is 73.1 Å². The SMILES string of the molecule is CN=C1/C(=C(\C)c2ccccc2)C(O)=CC(=O)N1O. The summed E-state index contributed by atoms with van der Waals surface area (Å²) < 4.78 is 0. The van der Waals surface area contributed by atoms with Crippen LogP contribution in [0.2, 0.25) is 0 Å². The van der Waals surface area contributed by atoms with Crippen LogP contribution in [0.4, 0.5) is 0 Å². The van der Waals surface area contributed by atoms with Crippen LogP contribution in [-0.4, -0.2) is 34.2 Å². The van der Waals surface area contributed by atoms with Crippen molar-refractivity contribution in [3.63, 3.8) is 0 Å². The van der Waals surface area contributed by atoms with E-state index in [1.807, 2.05) is 30.3 Å². The summed E-state index contributed by atoms with van der Waals surface area (Å²) in [6.45, 7) is 1.80. The van der Waals surface area contributed by atoms with Gasteiger partial charge in [0.25, 0.3) is 5.91 Å². The first-order chi connectivity index (χ1) is 9.06. The van der Waals surface area contributed by atoms with Crippen LogP contribution >= 0.6 is 0 Å². The minimum absolute atomic E-state index is 0.0337. The Bertz CT molecular complexity index is 600. The Morgan fingerprint density at radius 3 is 2.47 bits per heavy atom. The van der Waals surface area contributed by atoms with Crippen molar-refractivity contribution in [2.45, 2.75) is 6.92 Å². The van der Waals surface area contributed by atoms with Crippen molar-refractivity contribution >= 4 is 17.3 Å². The molecule has 19 heavy (non-hydrogen) atoms. The van der Waals surface area contributed by atoms with Gasteiger partial charge < -0.3 is 5.11 Å².